The molecule has 136 valence electrons. The molecule has 5 nitrogen and oxygen atoms in total. The Balaban J connectivity index is 1.56. The summed E-state index contributed by atoms with van der Waals surface area (Å²) in [5.41, 5.74) is 2.33. The lowest BCUT2D eigenvalue weighted by atomic mass is 10.0. The monoisotopic (exact) mass is 352 g/mol. The molecule has 0 bridgehead atoms. The van der Waals surface area contributed by atoms with E-state index in [1.165, 1.54) is 0 Å². The van der Waals surface area contributed by atoms with E-state index < -0.39 is 0 Å². The number of rotatable bonds is 4. The number of carbonyl (C=O) groups excluding carboxylic acids is 2. The highest BCUT2D eigenvalue weighted by molar-refractivity contribution is 5.96. The molecule has 1 aliphatic rings. The first-order chi connectivity index (χ1) is 12.6. The molecular formula is C21H24N2O3. The molecule has 1 fully saturated rings. The summed E-state index contributed by atoms with van der Waals surface area (Å²) in [6.07, 6.45) is 1.51. The first-order valence-corrected chi connectivity index (χ1v) is 8.88. The van der Waals surface area contributed by atoms with Crippen molar-refractivity contribution in [2.24, 2.45) is 0 Å². The minimum Gasteiger partial charge on any atom is -0.497 e. The van der Waals surface area contributed by atoms with Gasteiger partial charge in [0, 0.05) is 30.3 Å². The van der Waals surface area contributed by atoms with Crippen molar-refractivity contribution < 1.29 is 14.3 Å². The van der Waals surface area contributed by atoms with Crippen LogP contribution >= 0.6 is 0 Å². The number of piperidine rings is 1. The summed E-state index contributed by atoms with van der Waals surface area (Å²) in [7, 11) is 1.58. The van der Waals surface area contributed by atoms with Crippen LogP contribution in [0.5, 0.6) is 5.75 Å². The Morgan fingerprint density at radius 3 is 2.50 bits per heavy atom. The van der Waals surface area contributed by atoms with E-state index in [2.05, 4.69) is 5.32 Å². The quantitative estimate of drug-likeness (QED) is 0.920. The number of hydrogen-bond donors (Lipinski definition) is 1. The fourth-order valence-electron chi connectivity index (χ4n) is 3.24. The van der Waals surface area contributed by atoms with E-state index in [1.807, 2.05) is 42.2 Å². The van der Waals surface area contributed by atoms with Crippen LogP contribution in [0.3, 0.4) is 0 Å². The number of amides is 2. The molecule has 1 aliphatic heterocycles. The SMILES string of the molecule is COc1cccc(C(=O)NC2CCN(C(=O)c3ccccc3C)CC2)c1. The number of ether oxygens (including phenoxy) is 1. The second-order valence-corrected chi connectivity index (χ2v) is 6.59. The third kappa shape index (κ3) is 4.04. The molecule has 1 saturated heterocycles. The molecule has 0 spiro atoms. The van der Waals surface area contributed by atoms with Gasteiger partial charge in [-0.15, -0.1) is 0 Å². The number of nitrogens with zero attached hydrogens (tertiary/aromatic N) is 1. The highest BCUT2D eigenvalue weighted by atomic mass is 16.5. The highest BCUT2D eigenvalue weighted by Gasteiger charge is 2.25. The lowest BCUT2D eigenvalue weighted by molar-refractivity contribution is 0.0697. The Morgan fingerprint density at radius 2 is 1.81 bits per heavy atom. The third-order valence-corrected chi connectivity index (χ3v) is 4.82. The predicted molar refractivity (Wildman–Crippen MR) is 101 cm³/mol. The van der Waals surface area contributed by atoms with E-state index in [9.17, 15) is 9.59 Å². The molecule has 1 heterocycles. The normalized spacial score (nSPS) is 14.8. The van der Waals surface area contributed by atoms with Crippen molar-refractivity contribution in [2.45, 2.75) is 25.8 Å². The maximum Gasteiger partial charge on any atom is 0.254 e. The van der Waals surface area contributed by atoms with E-state index >= 15 is 0 Å². The first kappa shape index (κ1) is 18.0. The number of nitrogens with one attached hydrogen (secondary N) is 1. The Kier molecular flexibility index (Phi) is 5.56. The van der Waals surface area contributed by atoms with Crippen molar-refractivity contribution in [1.82, 2.24) is 10.2 Å². The summed E-state index contributed by atoms with van der Waals surface area (Å²) in [6, 6.07) is 14.8. The van der Waals surface area contributed by atoms with Crippen molar-refractivity contribution in [2.75, 3.05) is 20.2 Å². The van der Waals surface area contributed by atoms with Gasteiger partial charge in [-0.2, -0.15) is 0 Å². The maximum atomic E-state index is 12.7. The van der Waals surface area contributed by atoms with Crippen molar-refractivity contribution in [1.29, 1.82) is 0 Å². The molecule has 2 aromatic carbocycles. The summed E-state index contributed by atoms with van der Waals surface area (Å²) >= 11 is 0. The molecule has 0 unspecified atom stereocenters. The number of carbonyl (C=O) groups is 2. The number of likely N-dealkylation sites (tertiary alicyclic amines) is 1. The van der Waals surface area contributed by atoms with E-state index in [0.29, 0.717) is 24.4 Å². The maximum absolute atomic E-state index is 12.7. The van der Waals surface area contributed by atoms with Gasteiger partial charge in [-0.05, 0) is 49.6 Å². The Labute approximate surface area is 154 Å². The van der Waals surface area contributed by atoms with Gasteiger partial charge in [0.1, 0.15) is 5.75 Å². The largest absolute Gasteiger partial charge is 0.497 e. The van der Waals surface area contributed by atoms with E-state index in [-0.39, 0.29) is 17.9 Å². The Bertz CT molecular complexity index is 795. The van der Waals surface area contributed by atoms with Crippen LogP contribution in [0.15, 0.2) is 48.5 Å². The van der Waals surface area contributed by atoms with E-state index in [1.54, 1.807) is 25.3 Å². The van der Waals surface area contributed by atoms with Crippen LogP contribution in [-0.4, -0.2) is 43.0 Å². The minimum atomic E-state index is -0.104. The van der Waals surface area contributed by atoms with E-state index in [4.69, 9.17) is 4.74 Å². The molecule has 3 rings (SSSR count). The van der Waals surface area contributed by atoms with Crippen LogP contribution in [-0.2, 0) is 0 Å². The van der Waals surface area contributed by atoms with Crippen LogP contribution in [0.25, 0.3) is 0 Å². The van der Waals surface area contributed by atoms with Gasteiger partial charge in [-0.1, -0.05) is 24.3 Å². The molecule has 2 amide bonds. The van der Waals surface area contributed by atoms with Crippen LogP contribution in [0.4, 0.5) is 0 Å². The van der Waals surface area contributed by atoms with Gasteiger partial charge < -0.3 is 15.0 Å². The smallest absolute Gasteiger partial charge is 0.254 e. The van der Waals surface area contributed by atoms with Crippen LogP contribution in [0, 0.1) is 6.92 Å². The molecule has 2 aromatic rings. The lowest BCUT2D eigenvalue weighted by Gasteiger charge is -2.32. The average Bonchev–Trinajstić information content (AvgIpc) is 2.68. The van der Waals surface area contributed by atoms with Gasteiger partial charge >= 0.3 is 0 Å². The predicted octanol–water partition coefficient (Wildman–Crippen LogP) is 3.04. The molecule has 1 N–H and O–H groups in total. The molecule has 0 atom stereocenters. The first-order valence-electron chi connectivity index (χ1n) is 8.88. The molecule has 0 aromatic heterocycles. The molecule has 5 heteroatoms. The Hall–Kier alpha value is -2.82. The molecule has 0 saturated carbocycles. The molecule has 26 heavy (non-hydrogen) atoms. The van der Waals surface area contributed by atoms with Gasteiger partial charge in [-0.3, -0.25) is 9.59 Å². The summed E-state index contributed by atoms with van der Waals surface area (Å²) in [4.78, 5) is 27.0. The standard InChI is InChI=1S/C21H24N2O3/c1-15-6-3-4-9-19(15)21(25)23-12-10-17(11-13-23)22-20(24)16-7-5-8-18(14-16)26-2/h3-9,14,17H,10-13H2,1-2H3,(H,22,24). The summed E-state index contributed by atoms with van der Waals surface area (Å²) < 4.78 is 5.16. The van der Waals surface area contributed by atoms with Gasteiger partial charge in [0.15, 0.2) is 0 Å². The van der Waals surface area contributed by atoms with Gasteiger partial charge in [0.2, 0.25) is 0 Å². The average molecular weight is 352 g/mol. The molecule has 0 radical (unpaired) electrons. The van der Waals surface area contributed by atoms with Crippen LogP contribution < -0.4 is 10.1 Å². The third-order valence-electron chi connectivity index (χ3n) is 4.82. The van der Waals surface area contributed by atoms with Gasteiger partial charge in [0.05, 0.1) is 7.11 Å². The minimum absolute atomic E-state index is 0.0701. The number of aryl methyl sites for hydroxylation is 1. The number of benzene rings is 2. The molecule has 0 aliphatic carbocycles. The van der Waals surface area contributed by atoms with Gasteiger partial charge in [0.25, 0.3) is 11.8 Å². The van der Waals surface area contributed by atoms with Crippen molar-refractivity contribution in [3.63, 3.8) is 0 Å². The zero-order chi connectivity index (χ0) is 18.5. The summed E-state index contributed by atoms with van der Waals surface area (Å²) in [5, 5.41) is 3.06. The van der Waals surface area contributed by atoms with Crippen molar-refractivity contribution in [3.8, 4) is 5.75 Å². The fourth-order valence-corrected chi connectivity index (χ4v) is 3.24. The zero-order valence-electron chi connectivity index (χ0n) is 15.2. The highest BCUT2D eigenvalue weighted by Crippen LogP contribution is 2.17. The van der Waals surface area contributed by atoms with Crippen molar-refractivity contribution in [3.05, 3.63) is 65.2 Å². The molecular weight excluding hydrogens is 328 g/mol. The van der Waals surface area contributed by atoms with Crippen LogP contribution in [0.1, 0.15) is 39.1 Å². The van der Waals surface area contributed by atoms with Crippen molar-refractivity contribution >= 4 is 11.8 Å². The van der Waals surface area contributed by atoms with E-state index in [0.717, 1.165) is 24.0 Å². The zero-order valence-corrected chi connectivity index (χ0v) is 15.2. The second-order valence-electron chi connectivity index (χ2n) is 6.59. The van der Waals surface area contributed by atoms with Crippen LogP contribution in [0.2, 0.25) is 0 Å². The summed E-state index contributed by atoms with van der Waals surface area (Å²) in [5.74, 6) is 0.629. The van der Waals surface area contributed by atoms with Gasteiger partial charge in [-0.25, -0.2) is 0 Å². The second kappa shape index (κ2) is 8.04. The number of hydrogen-bond acceptors (Lipinski definition) is 3. The fraction of sp³-hybridized carbons (Fsp3) is 0.333. The lowest BCUT2D eigenvalue weighted by Crippen LogP contribution is -2.46. The summed E-state index contributed by atoms with van der Waals surface area (Å²) in [6.45, 7) is 3.25. The Morgan fingerprint density at radius 1 is 1.08 bits per heavy atom. The topological polar surface area (TPSA) is 58.6 Å². The number of methoxy groups -OCH3 is 1.